The Kier molecular flexibility index (Phi) is 3.35. The van der Waals surface area contributed by atoms with E-state index in [1.54, 1.807) is 6.07 Å². The minimum Gasteiger partial charge on any atom is -0.311 e. The molecule has 1 aliphatic rings. The first-order valence-electron chi connectivity index (χ1n) is 6.44. The Hall–Kier alpha value is -2.40. The van der Waals surface area contributed by atoms with Gasteiger partial charge in [-0.1, -0.05) is 24.3 Å². The van der Waals surface area contributed by atoms with Crippen molar-refractivity contribution in [2.24, 2.45) is 10.8 Å². The van der Waals surface area contributed by atoms with Gasteiger partial charge in [-0.15, -0.1) is 0 Å². The van der Waals surface area contributed by atoms with Gasteiger partial charge in [-0.2, -0.15) is 0 Å². The first-order chi connectivity index (χ1) is 9.78. The number of aliphatic imine (C=N–C) groups is 1. The number of benzene rings is 2. The van der Waals surface area contributed by atoms with Crippen LogP contribution >= 0.6 is 0 Å². The van der Waals surface area contributed by atoms with Crippen molar-refractivity contribution < 1.29 is 4.39 Å². The van der Waals surface area contributed by atoms with Gasteiger partial charge in [-0.05, 0) is 36.2 Å². The van der Waals surface area contributed by atoms with Gasteiger partial charge in [0.15, 0.2) is 0 Å². The lowest BCUT2D eigenvalue weighted by Crippen LogP contribution is -2.44. The van der Waals surface area contributed by atoms with Gasteiger partial charge in [0, 0.05) is 12.2 Å². The highest BCUT2D eigenvalue weighted by molar-refractivity contribution is 5.99. The number of rotatable bonds is 1. The number of hydrazine groups is 1. The third-order valence-corrected chi connectivity index (χ3v) is 3.32. The van der Waals surface area contributed by atoms with Gasteiger partial charge < -0.3 is 4.90 Å². The lowest BCUT2D eigenvalue weighted by Gasteiger charge is -2.20. The summed E-state index contributed by atoms with van der Waals surface area (Å²) < 4.78 is 13.4. The molecule has 0 saturated carbocycles. The topological polar surface area (TPSA) is 53.6 Å². The summed E-state index contributed by atoms with van der Waals surface area (Å²) in [5.41, 5.74) is 5.32. The molecule has 0 unspecified atom stereocenters. The van der Waals surface area contributed by atoms with Crippen LogP contribution in [-0.2, 0) is 6.42 Å². The molecule has 3 rings (SSSR count). The number of nitrogens with zero attached hydrogens (tertiary/aromatic N) is 2. The van der Waals surface area contributed by atoms with E-state index < -0.39 is 0 Å². The number of para-hydroxylation sites is 1. The van der Waals surface area contributed by atoms with Crippen LogP contribution in [0.15, 0.2) is 53.5 Å². The van der Waals surface area contributed by atoms with Gasteiger partial charge in [0.25, 0.3) is 0 Å². The largest absolute Gasteiger partial charge is 0.311 e. The first-order valence-corrected chi connectivity index (χ1v) is 6.44. The standard InChI is InChI=1S/C15H15FN4/c16-12-7-6-11-8-9-20(14(11)10-12)15(19-17)18-13-4-2-1-3-5-13/h1-7,10H,8-9,17H2,(H,18,19). The molecule has 5 heteroatoms. The Morgan fingerprint density at radius 1 is 1.20 bits per heavy atom. The SMILES string of the molecule is NNC(=Nc1ccccc1)N1CCc2ccc(F)cc21. The molecule has 0 amide bonds. The molecule has 0 fully saturated rings. The fourth-order valence-electron chi connectivity index (χ4n) is 2.37. The van der Waals surface area contributed by atoms with E-state index in [-0.39, 0.29) is 5.82 Å². The van der Waals surface area contributed by atoms with Crippen molar-refractivity contribution in [2.75, 3.05) is 11.4 Å². The molecule has 0 aliphatic carbocycles. The molecule has 0 aromatic heterocycles. The van der Waals surface area contributed by atoms with Crippen molar-refractivity contribution in [2.45, 2.75) is 6.42 Å². The molecular formula is C15H15FN4. The summed E-state index contributed by atoms with van der Waals surface area (Å²) in [5.74, 6) is 5.84. The van der Waals surface area contributed by atoms with Crippen LogP contribution in [0.3, 0.4) is 0 Å². The predicted molar refractivity (Wildman–Crippen MR) is 78.3 cm³/mol. The highest BCUT2D eigenvalue weighted by atomic mass is 19.1. The van der Waals surface area contributed by atoms with E-state index in [2.05, 4.69) is 10.4 Å². The van der Waals surface area contributed by atoms with Crippen LogP contribution in [0.1, 0.15) is 5.56 Å². The molecule has 0 bridgehead atoms. The zero-order valence-corrected chi connectivity index (χ0v) is 10.9. The number of guanidine groups is 1. The summed E-state index contributed by atoms with van der Waals surface area (Å²) in [4.78, 5) is 6.37. The zero-order valence-electron chi connectivity index (χ0n) is 10.9. The molecule has 102 valence electrons. The fraction of sp³-hybridized carbons (Fsp3) is 0.133. The van der Waals surface area contributed by atoms with Crippen LogP contribution in [0, 0.1) is 5.82 Å². The number of hydrogen-bond donors (Lipinski definition) is 2. The van der Waals surface area contributed by atoms with Crippen LogP contribution in [0.2, 0.25) is 0 Å². The Morgan fingerprint density at radius 2 is 2.00 bits per heavy atom. The molecule has 3 N–H and O–H groups in total. The molecular weight excluding hydrogens is 255 g/mol. The smallest absolute Gasteiger partial charge is 0.218 e. The maximum absolute atomic E-state index is 13.4. The second-order valence-electron chi connectivity index (χ2n) is 4.59. The van der Waals surface area contributed by atoms with E-state index in [0.29, 0.717) is 5.96 Å². The number of anilines is 1. The summed E-state index contributed by atoms with van der Waals surface area (Å²) in [7, 11) is 0. The van der Waals surface area contributed by atoms with Crippen molar-refractivity contribution in [3.63, 3.8) is 0 Å². The Morgan fingerprint density at radius 3 is 2.75 bits per heavy atom. The van der Waals surface area contributed by atoms with Gasteiger partial charge in [-0.3, -0.25) is 5.43 Å². The fourth-order valence-corrected chi connectivity index (χ4v) is 2.37. The average molecular weight is 270 g/mol. The van der Waals surface area contributed by atoms with E-state index in [4.69, 9.17) is 5.84 Å². The summed E-state index contributed by atoms with van der Waals surface area (Å²) in [6.07, 6.45) is 0.852. The number of nitrogens with two attached hydrogens (primary N) is 1. The molecule has 1 aliphatic heterocycles. The normalized spacial score (nSPS) is 14.3. The second kappa shape index (κ2) is 5.30. The molecule has 0 spiro atoms. The monoisotopic (exact) mass is 270 g/mol. The third-order valence-electron chi connectivity index (χ3n) is 3.32. The van der Waals surface area contributed by atoms with Crippen LogP contribution in [0.4, 0.5) is 15.8 Å². The first kappa shape index (κ1) is 12.6. The maximum Gasteiger partial charge on any atom is 0.218 e. The minimum absolute atomic E-state index is 0.258. The highest BCUT2D eigenvalue weighted by Gasteiger charge is 2.23. The summed E-state index contributed by atoms with van der Waals surface area (Å²) in [6, 6.07) is 14.3. The van der Waals surface area contributed by atoms with E-state index in [1.165, 1.54) is 12.1 Å². The van der Waals surface area contributed by atoms with Crippen LogP contribution < -0.4 is 16.2 Å². The van der Waals surface area contributed by atoms with E-state index in [9.17, 15) is 4.39 Å². The van der Waals surface area contributed by atoms with E-state index in [1.807, 2.05) is 35.2 Å². The summed E-state index contributed by atoms with van der Waals surface area (Å²) in [6.45, 7) is 0.731. The molecule has 0 saturated heterocycles. The van der Waals surface area contributed by atoms with Gasteiger partial charge >= 0.3 is 0 Å². The van der Waals surface area contributed by atoms with Gasteiger partial charge in [-0.25, -0.2) is 15.2 Å². The predicted octanol–water partition coefficient (Wildman–Crippen LogP) is 2.34. The van der Waals surface area contributed by atoms with E-state index >= 15 is 0 Å². The Bertz CT molecular complexity index is 640. The van der Waals surface area contributed by atoms with Crippen molar-refractivity contribution >= 4 is 17.3 Å². The van der Waals surface area contributed by atoms with Gasteiger partial charge in [0.2, 0.25) is 5.96 Å². The van der Waals surface area contributed by atoms with Crippen molar-refractivity contribution in [3.05, 3.63) is 59.9 Å². The Labute approximate surface area is 116 Å². The van der Waals surface area contributed by atoms with Gasteiger partial charge in [0.05, 0.1) is 5.69 Å². The number of nitrogens with one attached hydrogen (secondary N) is 1. The second-order valence-corrected chi connectivity index (χ2v) is 4.59. The highest BCUT2D eigenvalue weighted by Crippen LogP contribution is 2.29. The van der Waals surface area contributed by atoms with Crippen molar-refractivity contribution in [1.82, 2.24) is 5.43 Å². The maximum atomic E-state index is 13.4. The molecule has 0 radical (unpaired) electrons. The van der Waals surface area contributed by atoms with Crippen molar-refractivity contribution in [3.8, 4) is 0 Å². The quantitative estimate of drug-likeness (QED) is 0.362. The Balaban J connectivity index is 1.97. The number of halogens is 1. The van der Waals surface area contributed by atoms with E-state index in [0.717, 1.165) is 29.9 Å². The van der Waals surface area contributed by atoms with Crippen molar-refractivity contribution in [1.29, 1.82) is 0 Å². The minimum atomic E-state index is -0.258. The van der Waals surface area contributed by atoms with Crippen LogP contribution in [-0.4, -0.2) is 12.5 Å². The molecule has 2 aromatic rings. The molecule has 1 heterocycles. The molecule has 0 atom stereocenters. The molecule has 4 nitrogen and oxygen atoms in total. The third kappa shape index (κ3) is 2.35. The lowest BCUT2D eigenvalue weighted by molar-refractivity contribution is 0.628. The van der Waals surface area contributed by atoms with Gasteiger partial charge in [0.1, 0.15) is 5.82 Å². The molecule has 20 heavy (non-hydrogen) atoms. The zero-order chi connectivity index (χ0) is 13.9. The molecule has 2 aromatic carbocycles. The summed E-state index contributed by atoms with van der Waals surface area (Å²) >= 11 is 0. The van der Waals surface area contributed by atoms with Crippen LogP contribution in [0.5, 0.6) is 0 Å². The number of fused-ring (bicyclic) bond motifs is 1. The lowest BCUT2D eigenvalue weighted by atomic mass is 10.2. The van der Waals surface area contributed by atoms with Crippen LogP contribution in [0.25, 0.3) is 0 Å². The average Bonchev–Trinajstić information content (AvgIpc) is 2.89. The summed E-state index contributed by atoms with van der Waals surface area (Å²) in [5, 5.41) is 0. The number of hydrogen-bond acceptors (Lipinski definition) is 2.